The molecule has 0 radical (unpaired) electrons. The van der Waals surface area contributed by atoms with Gasteiger partial charge in [0.05, 0.1) is 12.2 Å². The Morgan fingerprint density at radius 1 is 1.11 bits per heavy atom. The predicted octanol–water partition coefficient (Wildman–Crippen LogP) is 4.32. The van der Waals surface area contributed by atoms with Crippen LogP contribution < -0.4 is 10.6 Å². The normalized spacial score (nSPS) is 10.7. The molecule has 27 heavy (non-hydrogen) atoms. The number of urea groups is 1. The van der Waals surface area contributed by atoms with Crippen LogP contribution >= 0.6 is 0 Å². The fourth-order valence-corrected chi connectivity index (χ4v) is 2.96. The highest BCUT2D eigenvalue weighted by molar-refractivity contribution is 5.90. The highest BCUT2D eigenvalue weighted by Crippen LogP contribution is 2.17. The minimum absolute atomic E-state index is 0.354. The number of carbonyl (C=O) groups excluding carboxylic acids is 1. The van der Waals surface area contributed by atoms with E-state index in [-0.39, 0.29) is 11.8 Å². The molecule has 3 rings (SSSR count). The number of hydrogen-bond donors (Lipinski definition) is 2. The van der Waals surface area contributed by atoms with E-state index in [0.717, 1.165) is 22.5 Å². The van der Waals surface area contributed by atoms with Gasteiger partial charge in [0, 0.05) is 23.5 Å². The number of rotatable bonds is 5. The van der Waals surface area contributed by atoms with Gasteiger partial charge in [0.2, 0.25) is 0 Å². The lowest BCUT2D eigenvalue weighted by Crippen LogP contribution is -2.29. The summed E-state index contributed by atoms with van der Waals surface area (Å²) >= 11 is 0. The van der Waals surface area contributed by atoms with Gasteiger partial charge in [-0.05, 0) is 44.0 Å². The second kappa shape index (κ2) is 8.03. The van der Waals surface area contributed by atoms with E-state index in [4.69, 9.17) is 0 Å². The molecule has 1 heterocycles. The lowest BCUT2D eigenvalue weighted by Gasteiger charge is -2.10. The average Bonchev–Trinajstić information content (AvgIpc) is 2.90. The lowest BCUT2D eigenvalue weighted by atomic mass is 10.2. The fraction of sp³-hybridized carbons (Fsp3) is 0.238. The Morgan fingerprint density at radius 3 is 2.59 bits per heavy atom. The number of anilines is 1. The maximum atomic E-state index is 13.4. The van der Waals surface area contributed by atoms with Gasteiger partial charge < -0.3 is 10.6 Å². The van der Waals surface area contributed by atoms with Gasteiger partial charge in [-0.25, -0.2) is 9.18 Å². The molecule has 0 aliphatic heterocycles. The topological polar surface area (TPSA) is 59.0 Å². The van der Waals surface area contributed by atoms with Crippen LogP contribution in [0.1, 0.15) is 28.1 Å². The number of aromatic nitrogens is 2. The van der Waals surface area contributed by atoms with E-state index in [0.29, 0.717) is 18.8 Å². The molecule has 2 N–H and O–H groups in total. The SMILES string of the molecule is Cc1ccc(F)cc1NC(=O)NCc1c(C)nn(Cc2ccccc2)c1C. The summed E-state index contributed by atoms with van der Waals surface area (Å²) in [6.45, 7) is 6.78. The van der Waals surface area contributed by atoms with Crippen molar-refractivity contribution >= 4 is 11.7 Å². The molecule has 0 aliphatic rings. The molecule has 0 spiro atoms. The molecule has 3 aromatic rings. The largest absolute Gasteiger partial charge is 0.334 e. The first-order valence-electron chi connectivity index (χ1n) is 8.82. The zero-order valence-corrected chi connectivity index (χ0v) is 15.7. The molecular weight excluding hydrogens is 343 g/mol. The Morgan fingerprint density at radius 2 is 1.85 bits per heavy atom. The van der Waals surface area contributed by atoms with Crippen LogP contribution in [0.15, 0.2) is 48.5 Å². The number of nitrogens with zero attached hydrogens (tertiary/aromatic N) is 2. The summed E-state index contributed by atoms with van der Waals surface area (Å²) in [5, 5.41) is 10.1. The lowest BCUT2D eigenvalue weighted by molar-refractivity contribution is 0.251. The molecule has 0 saturated carbocycles. The standard InChI is InChI=1S/C21H23FN4O/c1-14-9-10-18(22)11-20(14)24-21(27)23-12-19-15(2)25-26(16(19)3)13-17-7-5-4-6-8-17/h4-11H,12-13H2,1-3H3,(H2,23,24,27). The molecule has 0 atom stereocenters. The number of hydrogen-bond acceptors (Lipinski definition) is 2. The van der Waals surface area contributed by atoms with E-state index in [1.807, 2.05) is 43.7 Å². The molecule has 2 amide bonds. The van der Waals surface area contributed by atoms with Crippen LogP contribution in [0.2, 0.25) is 0 Å². The molecule has 0 saturated heterocycles. The van der Waals surface area contributed by atoms with Gasteiger partial charge >= 0.3 is 6.03 Å². The second-order valence-corrected chi connectivity index (χ2v) is 6.56. The van der Waals surface area contributed by atoms with Crippen molar-refractivity contribution in [1.29, 1.82) is 0 Å². The summed E-state index contributed by atoms with van der Waals surface area (Å²) in [7, 11) is 0. The first-order chi connectivity index (χ1) is 12.9. The van der Waals surface area contributed by atoms with E-state index in [1.165, 1.54) is 17.7 Å². The predicted molar refractivity (Wildman–Crippen MR) is 104 cm³/mol. The van der Waals surface area contributed by atoms with Crippen molar-refractivity contribution in [3.63, 3.8) is 0 Å². The number of carbonyl (C=O) groups is 1. The Kier molecular flexibility index (Phi) is 5.54. The summed E-state index contributed by atoms with van der Waals surface area (Å²) in [4.78, 5) is 12.2. The van der Waals surface area contributed by atoms with E-state index in [2.05, 4.69) is 27.9 Å². The van der Waals surface area contributed by atoms with Crippen LogP contribution in [-0.2, 0) is 13.1 Å². The average molecular weight is 366 g/mol. The van der Waals surface area contributed by atoms with Crippen molar-refractivity contribution in [2.75, 3.05) is 5.32 Å². The molecule has 1 aromatic heterocycles. The third-order valence-corrected chi connectivity index (χ3v) is 4.58. The van der Waals surface area contributed by atoms with Gasteiger partial charge in [-0.15, -0.1) is 0 Å². The first kappa shape index (κ1) is 18.6. The van der Waals surface area contributed by atoms with Gasteiger partial charge in [0.1, 0.15) is 5.82 Å². The Hall–Kier alpha value is -3.15. The van der Waals surface area contributed by atoms with E-state index in [1.54, 1.807) is 6.07 Å². The molecule has 0 unspecified atom stereocenters. The van der Waals surface area contributed by atoms with Gasteiger partial charge in [-0.1, -0.05) is 36.4 Å². The van der Waals surface area contributed by atoms with Crippen LogP contribution in [0.3, 0.4) is 0 Å². The summed E-state index contributed by atoms with van der Waals surface area (Å²) in [6, 6.07) is 14.0. The van der Waals surface area contributed by atoms with E-state index < -0.39 is 0 Å². The maximum Gasteiger partial charge on any atom is 0.319 e. The van der Waals surface area contributed by atoms with Crippen LogP contribution in [-0.4, -0.2) is 15.8 Å². The van der Waals surface area contributed by atoms with Crippen LogP contribution in [0.4, 0.5) is 14.9 Å². The van der Waals surface area contributed by atoms with Crippen molar-refractivity contribution in [1.82, 2.24) is 15.1 Å². The summed E-state index contributed by atoms with van der Waals surface area (Å²) in [5.74, 6) is -0.384. The van der Waals surface area contributed by atoms with Crippen molar-refractivity contribution in [2.45, 2.75) is 33.9 Å². The van der Waals surface area contributed by atoms with Crippen molar-refractivity contribution in [3.05, 3.63) is 82.4 Å². The molecule has 0 bridgehead atoms. The van der Waals surface area contributed by atoms with E-state index >= 15 is 0 Å². The molecule has 5 nitrogen and oxygen atoms in total. The Balaban J connectivity index is 1.65. The van der Waals surface area contributed by atoms with Gasteiger partial charge in [0.15, 0.2) is 0 Å². The number of nitrogens with one attached hydrogen (secondary N) is 2. The van der Waals surface area contributed by atoms with Crippen LogP contribution in [0.5, 0.6) is 0 Å². The molecule has 2 aromatic carbocycles. The van der Waals surface area contributed by atoms with Gasteiger partial charge in [0.25, 0.3) is 0 Å². The van der Waals surface area contributed by atoms with Gasteiger partial charge in [-0.2, -0.15) is 5.10 Å². The zero-order valence-electron chi connectivity index (χ0n) is 15.7. The van der Waals surface area contributed by atoms with Crippen LogP contribution in [0, 0.1) is 26.6 Å². The Labute approximate surface area is 158 Å². The third-order valence-electron chi connectivity index (χ3n) is 4.58. The van der Waals surface area contributed by atoms with Gasteiger partial charge in [-0.3, -0.25) is 4.68 Å². The molecule has 140 valence electrons. The summed E-state index contributed by atoms with van der Waals surface area (Å²) in [5.41, 5.74) is 5.30. The quantitative estimate of drug-likeness (QED) is 0.707. The molecular formula is C21H23FN4O. The second-order valence-electron chi connectivity index (χ2n) is 6.56. The zero-order chi connectivity index (χ0) is 19.4. The minimum Gasteiger partial charge on any atom is -0.334 e. The summed E-state index contributed by atoms with van der Waals surface area (Å²) in [6.07, 6.45) is 0. The van der Waals surface area contributed by atoms with Crippen molar-refractivity contribution < 1.29 is 9.18 Å². The summed E-state index contributed by atoms with van der Waals surface area (Å²) < 4.78 is 15.3. The smallest absolute Gasteiger partial charge is 0.319 e. The number of amides is 2. The van der Waals surface area contributed by atoms with Crippen LogP contribution in [0.25, 0.3) is 0 Å². The highest BCUT2D eigenvalue weighted by Gasteiger charge is 2.13. The number of aryl methyl sites for hydroxylation is 2. The molecule has 6 heteroatoms. The number of benzene rings is 2. The Bertz CT molecular complexity index is 950. The van der Waals surface area contributed by atoms with Crippen molar-refractivity contribution in [2.24, 2.45) is 0 Å². The highest BCUT2D eigenvalue weighted by atomic mass is 19.1. The number of halogens is 1. The fourth-order valence-electron chi connectivity index (χ4n) is 2.96. The maximum absolute atomic E-state index is 13.4. The first-order valence-corrected chi connectivity index (χ1v) is 8.82. The molecule has 0 aliphatic carbocycles. The molecule has 0 fully saturated rings. The minimum atomic E-state index is -0.384. The van der Waals surface area contributed by atoms with E-state index in [9.17, 15) is 9.18 Å². The van der Waals surface area contributed by atoms with Crippen molar-refractivity contribution in [3.8, 4) is 0 Å². The third kappa shape index (κ3) is 4.53. The monoisotopic (exact) mass is 366 g/mol.